The molecule has 206 valence electrons. The highest BCUT2D eigenvalue weighted by molar-refractivity contribution is 6.10. The number of fused-ring (bicyclic) bond motifs is 3. The summed E-state index contributed by atoms with van der Waals surface area (Å²) in [5.41, 5.74) is 0.293. The molecule has 0 aliphatic carbocycles. The molecule has 2 fully saturated rings. The van der Waals surface area contributed by atoms with Crippen molar-refractivity contribution in [2.24, 2.45) is 0 Å². The van der Waals surface area contributed by atoms with Gasteiger partial charge in [-0.15, -0.1) is 0 Å². The molecule has 0 saturated carbocycles. The lowest BCUT2D eigenvalue weighted by molar-refractivity contribution is -0.387. The van der Waals surface area contributed by atoms with Crippen LogP contribution in [0.5, 0.6) is 0 Å². The maximum Gasteiger partial charge on any atom is 0.336 e. The van der Waals surface area contributed by atoms with Crippen LogP contribution in [0.3, 0.4) is 0 Å². The van der Waals surface area contributed by atoms with Crippen LogP contribution >= 0.6 is 0 Å². The molecule has 11 heteroatoms. The smallest absolute Gasteiger partial charge is 0.336 e. The predicted octanol–water partition coefficient (Wildman–Crippen LogP) is 4.76. The zero-order chi connectivity index (χ0) is 28.5. The summed E-state index contributed by atoms with van der Waals surface area (Å²) in [5.74, 6) is -1.51. The largest absolute Gasteiger partial charge is 0.351 e. The summed E-state index contributed by atoms with van der Waals surface area (Å²) in [5, 5.41) is 19.4. The average molecular weight is 554 g/mol. The first-order chi connectivity index (χ1) is 19.8. The zero-order valence-corrected chi connectivity index (χ0v) is 21.9. The molecule has 3 aliphatic rings. The Kier molecular flexibility index (Phi) is 5.55. The van der Waals surface area contributed by atoms with Crippen molar-refractivity contribution in [1.29, 1.82) is 0 Å². The van der Waals surface area contributed by atoms with E-state index >= 15 is 9.18 Å². The minimum atomic E-state index is -1.68. The van der Waals surface area contributed by atoms with Gasteiger partial charge in [0.1, 0.15) is 17.3 Å². The molecule has 41 heavy (non-hydrogen) atoms. The molecule has 0 radical (unpaired) electrons. The number of hydrogen-bond acceptors (Lipinski definition) is 7. The second-order valence-electron chi connectivity index (χ2n) is 10.5. The van der Waals surface area contributed by atoms with Crippen molar-refractivity contribution in [1.82, 2.24) is 15.2 Å². The molecule has 3 unspecified atom stereocenters. The number of anilines is 1. The average Bonchev–Trinajstić information content (AvgIpc) is 3.68. The Balaban J connectivity index is 1.56. The Morgan fingerprint density at radius 3 is 2.46 bits per heavy atom. The van der Waals surface area contributed by atoms with Crippen LogP contribution in [0.2, 0.25) is 0 Å². The van der Waals surface area contributed by atoms with E-state index in [-0.39, 0.29) is 36.9 Å². The summed E-state index contributed by atoms with van der Waals surface area (Å²) in [6.45, 7) is 1.89. The number of rotatable bonds is 5. The number of aryl methyl sites for hydroxylation is 1. The maximum atomic E-state index is 15.1. The number of benzene rings is 3. The second-order valence-corrected chi connectivity index (χ2v) is 10.5. The summed E-state index contributed by atoms with van der Waals surface area (Å²) in [7, 11) is 0. The maximum absolute atomic E-state index is 15.1. The number of nitro groups is 1. The van der Waals surface area contributed by atoms with E-state index in [4.69, 9.17) is 4.52 Å². The lowest BCUT2D eigenvalue weighted by Crippen LogP contribution is -2.48. The van der Waals surface area contributed by atoms with Gasteiger partial charge in [-0.2, -0.15) is 0 Å². The van der Waals surface area contributed by atoms with E-state index in [0.717, 1.165) is 5.56 Å². The van der Waals surface area contributed by atoms with E-state index in [9.17, 15) is 14.9 Å². The molecule has 3 aliphatic heterocycles. The fourth-order valence-electron chi connectivity index (χ4n) is 6.85. The predicted molar refractivity (Wildman–Crippen MR) is 144 cm³/mol. The van der Waals surface area contributed by atoms with Crippen molar-refractivity contribution in [3.8, 4) is 0 Å². The number of nitrogens with zero attached hydrogens (tertiary/aromatic N) is 5. The van der Waals surface area contributed by atoms with Crippen LogP contribution in [0.15, 0.2) is 83.4 Å². The summed E-state index contributed by atoms with van der Waals surface area (Å²) < 4.78 is 20.8. The molecule has 0 N–H and O–H groups in total. The highest BCUT2D eigenvalue weighted by atomic mass is 19.1. The van der Waals surface area contributed by atoms with Gasteiger partial charge in [0.2, 0.25) is 17.6 Å². The van der Waals surface area contributed by atoms with Crippen LogP contribution in [0.1, 0.15) is 46.6 Å². The van der Waals surface area contributed by atoms with E-state index in [1.165, 1.54) is 24.1 Å². The van der Waals surface area contributed by atoms with Crippen molar-refractivity contribution < 1.29 is 23.4 Å². The molecular weight excluding hydrogens is 529 g/mol. The van der Waals surface area contributed by atoms with E-state index < -0.39 is 39.8 Å². The van der Waals surface area contributed by atoms with Crippen molar-refractivity contribution in [2.45, 2.75) is 37.4 Å². The van der Waals surface area contributed by atoms with Crippen LogP contribution in [0, 0.1) is 22.9 Å². The summed E-state index contributed by atoms with van der Waals surface area (Å²) in [4.78, 5) is 41.9. The molecule has 4 heterocycles. The molecule has 3 atom stereocenters. The third kappa shape index (κ3) is 3.42. The van der Waals surface area contributed by atoms with Gasteiger partial charge in [-0.3, -0.25) is 24.7 Å². The van der Waals surface area contributed by atoms with Gasteiger partial charge >= 0.3 is 5.69 Å². The number of aromatic nitrogens is 1. The molecule has 2 amide bonds. The minimum absolute atomic E-state index is 0.0209. The van der Waals surface area contributed by atoms with Crippen molar-refractivity contribution in [2.75, 3.05) is 11.4 Å². The third-order valence-electron chi connectivity index (χ3n) is 8.37. The number of carbonyl (C=O) groups is 2. The van der Waals surface area contributed by atoms with Gasteiger partial charge in [-0.05, 0) is 41.8 Å². The van der Waals surface area contributed by atoms with Crippen LogP contribution in [-0.2, 0) is 21.5 Å². The van der Waals surface area contributed by atoms with E-state index in [1.54, 1.807) is 16.0 Å². The van der Waals surface area contributed by atoms with E-state index in [2.05, 4.69) is 5.16 Å². The summed E-state index contributed by atoms with van der Waals surface area (Å²) in [6.07, 6.45) is 0.148. The number of carbonyl (C=O) groups excluding carboxylic acids is 2. The third-order valence-corrected chi connectivity index (χ3v) is 8.37. The highest BCUT2D eigenvalue weighted by Gasteiger charge is 2.73. The Morgan fingerprint density at radius 1 is 1.05 bits per heavy atom. The quantitative estimate of drug-likeness (QED) is 0.259. The molecule has 2 saturated heterocycles. The van der Waals surface area contributed by atoms with Gasteiger partial charge in [0.05, 0.1) is 17.5 Å². The van der Waals surface area contributed by atoms with Gasteiger partial charge < -0.3 is 9.42 Å². The van der Waals surface area contributed by atoms with Gasteiger partial charge in [0.15, 0.2) is 5.69 Å². The second kappa shape index (κ2) is 9.07. The Bertz CT molecular complexity index is 1710. The molecule has 0 bridgehead atoms. The molecule has 10 nitrogen and oxygen atoms in total. The summed E-state index contributed by atoms with van der Waals surface area (Å²) in [6, 6.07) is 20.6. The van der Waals surface area contributed by atoms with Crippen molar-refractivity contribution >= 4 is 23.2 Å². The molecule has 1 aromatic heterocycles. The first-order valence-corrected chi connectivity index (χ1v) is 13.2. The minimum Gasteiger partial charge on any atom is -0.351 e. The Morgan fingerprint density at radius 2 is 1.76 bits per heavy atom. The first-order valence-electron chi connectivity index (χ1n) is 13.2. The van der Waals surface area contributed by atoms with Crippen LogP contribution in [0.4, 0.5) is 15.8 Å². The lowest BCUT2D eigenvalue weighted by Gasteiger charge is -2.34. The standard InChI is InChI=1S/C30H24FN5O5/c1-18-25(36(39)40)26(41-32-18)28-30(27(20-10-6-3-7-11-20)34-15-14-24(37)35(28)34)22-16-21(31)12-13-23(22)33(29(30)38)17-19-8-4-2-5-9-19/h2-13,16,27-28H,14-15,17H2,1H3. The van der Waals surface area contributed by atoms with Gasteiger partial charge in [-0.25, -0.2) is 9.40 Å². The highest BCUT2D eigenvalue weighted by Crippen LogP contribution is 2.65. The van der Waals surface area contributed by atoms with Gasteiger partial charge in [0.25, 0.3) is 0 Å². The van der Waals surface area contributed by atoms with Gasteiger partial charge in [0, 0.05) is 18.7 Å². The topological polar surface area (TPSA) is 113 Å². The fourth-order valence-corrected chi connectivity index (χ4v) is 6.85. The Hall–Kier alpha value is -4.90. The lowest BCUT2D eigenvalue weighted by atomic mass is 9.67. The van der Waals surface area contributed by atoms with Crippen LogP contribution in [0.25, 0.3) is 0 Å². The molecule has 4 aromatic rings. The van der Waals surface area contributed by atoms with E-state index in [0.29, 0.717) is 16.8 Å². The zero-order valence-electron chi connectivity index (χ0n) is 21.9. The molecular formula is C30H24FN5O5. The monoisotopic (exact) mass is 553 g/mol. The number of amides is 2. The Labute approximate surface area is 233 Å². The fraction of sp³-hybridized carbons (Fsp3) is 0.233. The molecule has 3 aromatic carbocycles. The van der Waals surface area contributed by atoms with Crippen molar-refractivity contribution in [3.63, 3.8) is 0 Å². The molecule has 7 rings (SSSR count). The SMILES string of the molecule is Cc1noc(C2N3C(=O)CCN3C(c3ccccc3)C23C(=O)N(Cc2ccccc2)c2ccc(F)cc23)c1[N+](=O)[O-]. The summed E-state index contributed by atoms with van der Waals surface area (Å²) >= 11 is 0. The number of hydrazine groups is 1. The normalized spacial score (nSPS) is 23.5. The van der Waals surface area contributed by atoms with Gasteiger partial charge in [-0.1, -0.05) is 65.8 Å². The number of halogens is 1. The first kappa shape index (κ1) is 25.1. The molecule has 1 spiro atoms. The van der Waals surface area contributed by atoms with Crippen LogP contribution in [-0.4, -0.2) is 38.5 Å². The van der Waals surface area contributed by atoms with Crippen LogP contribution < -0.4 is 4.90 Å². The van der Waals surface area contributed by atoms with Crippen molar-refractivity contribution in [3.05, 3.63) is 123 Å². The van der Waals surface area contributed by atoms with E-state index in [1.807, 2.05) is 60.7 Å². The number of hydrogen-bond donors (Lipinski definition) is 0.